The van der Waals surface area contributed by atoms with Crippen LogP contribution >= 0.6 is 11.5 Å². The maximum atomic E-state index is 12.6. The van der Waals surface area contributed by atoms with Crippen LogP contribution in [0, 0.1) is 5.92 Å². The molecule has 0 unspecified atom stereocenters. The van der Waals surface area contributed by atoms with E-state index in [9.17, 15) is 9.90 Å². The molecule has 0 bridgehead atoms. The first-order valence-electron chi connectivity index (χ1n) is 8.45. The van der Waals surface area contributed by atoms with E-state index >= 15 is 0 Å². The predicted octanol–water partition coefficient (Wildman–Crippen LogP) is 1.04. The van der Waals surface area contributed by atoms with Gasteiger partial charge in [-0.2, -0.15) is 4.37 Å². The van der Waals surface area contributed by atoms with Crippen LogP contribution in [0.3, 0.4) is 0 Å². The molecule has 3 atom stereocenters. The van der Waals surface area contributed by atoms with Crippen molar-refractivity contribution in [3.8, 4) is 0 Å². The number of nitrogens with two attached hydrogens (primary N) is 1. The lowest BCUT2D eigenvalue weighted by Gasteiger charge is -2.36. The Morgan fingerprint density at radius 2 is 1.96 bits per heavy atom. The molecule has 24 heavy (non-hydrogen) atoms. The molecule has 2 fully saturated rings. The highest BCUT2D eigenvalue weighted by Gasteiger charge is 2.37. The molecular formula is C17H22N4O2S. The molecule has 2 aromatic rings. The molecule has 3 N–H and O–H groups in total. The fraction of sp³-hybridized carbons (Fsp3) is 0.529. The van der Waals surface area contributed by atoms with Crippen LogP contribution in [0.5, 0.6) is 0 Å². The van der Waals surface area contributed by atoms with Crippen molar-refractivity contribution in [2.24, 2.45) is 11.7 Å². The van der Waals surface area contributed by atoms with Crippen molar-refractivity contribution in [2.45, 2.75) is 25.0 Å². The Morgan fingerprint density at radius 1 is 1.21 bits per heavy atom. The zero-order valence-corrected chi connectivity index (χ0v) is 14.3. The van der Waals surface area contributed by atoms with Gasteiger partial charge in [0.25, 0.3) is 0 Å². The lowest BCUT2D eigenvalue weighted by Crippen LogP contribution is -2.50. The van der Waals surface area contributed by atoms with Crippen LogP contribution in [0.15, 0.2) is 24.3 Å². The van der Waals surface area contributed by atoms with Crippen LogP contribution in [0.25, 0.3) is 10.1 Å². The Bertz CT molecular complexity index is 731. The van der Waals surface area contributed by atoms with Gasteiger partial charge in [0, 0.05) is 43.5 Å². The summed E-state index contributed by atoms with van der Waals surface area (Å²) in [6.45, 7) is 2.99. The minimum absolute atomic E-state index is 0.123. The smallest absolute Gasteiger partial charge is 0.225 e. The van der Waals surface area contributed by atoms with Gasteiger partial charge in [-0.25, -0.2) is 0 Å². The highest BCUT2D eigenvalue weighted by molar-refractivity contribution is 7.13. The van der Waals surface area contributed by atoms with Crippen LogP contribution in [-0.4, -0.2) is 58.6 Å². The normalized spacial score (nSPS) is 27.8. The lowest BCUT2D eigenvalue weighted by atomic mass is 10.1. The second kappa shape index (κ2) is 6.31. The van der Waals surface area contributed by atoms with Crippen molar-refractivity contribution in [2.75, 3.05) is 31.1 Å². The van der Waals surface area contributed by atoms with Crippen LogP contribution in [0.1, 0.15) is 12.8 Å². The predicted molar refractivity (Wildman–Crippen MR) is 95.1 cm³/mol. The Labute approximate surface area is 145 Å². The number of hydrogen-bond donors (Lipinski definition) is 2. The van der Waals surface area contributed by atoms with E-state index in [0.29, 0.717) is 25.9 Å². The number of carbonyl (C=O) groups is 1. The number of aliphatic hydroxyl groups excluding tert-OH is 1. The first kappa shape index (κ1) is 15.8. The number of amides is 1. The first-order chi connectivity index (χ1) is 11.6. The third-order valence-corrected chi connectivity index (χ3v) is 5.99. The third kappa shape index (κ3) is 2.76. The fourth-order valence-corrected chi connectivity index (χ4v) is 4.54. The van der Waals surface area contributed by atoms with E-state index in [1.165, 1.54) is 21.6 Å². The Balaban J connectivity index is 1.41. The summed E-state index contributed by atoms with van der Waals surface area (Å²) in [6.07, 6.45) is 0.551. The van der Waals surface area contributed by atoms with Crippen LogP contribution in [0.2, 0.25) is 0 Å². The van der Waals surface area contributed by atoms with Gasteiger partial charge < -0.3 is 20.6 Å². The summed E-state index contributed by atoms with van der Waals surface area (Å²) in [6, 6.07) is 8.00. The molecule has 1 aromatic heterocycles. The number of aromatic nitrogens is 1. The third-order valence-electron chi connectivity index (χ3n) is 5.18. The second-order valence-corrected chi connectivity index (χ2v) is 7.52. The van der Waals surface area contributed by atoms with E-state index in [0.717, 1.165) is 18.9 Å². The van der Waals surface area contributed by atoms with E-state index < -0.39 is 6.10 Å². The summed E-state index contributed by atoms with van der Waals surface area (Å²) >= 11 is 1.52. The van der Waals surface area contributed by atoms with E-state index in [1.54, 1.807) is 0 Å². The van der Waals surface area contributed by atoms with Gasteiger partial charge >= 0.3 is 0 Å². The number of hydrogen-bond acceptors (Lipinski definition) is 6. The molecule has 1 aliphatic heterocycles. The van der Waals surface area contributed by atoms with Crippen molar-refractivity contribution in [3.63, 3.8) is 0 Å². The number of fused-ring (bicyclic) bond motifs is 1. The molecule has 128 valence electrons. The average Bonchev–Trinajstić information content (AvgIpc) is 3.18. The molecule has 1 saturated heterocycles. The largest absolute Gasteiger partial charge is 0.391 e. The van der Waals surface area contributed by atoms with E-state index in [2.05, 4.69) is 21.4 Å². The van der Waals surface area contributed by atoms with Crippen LogP contribution in [-0.2, 0) is 4.79 Å². The molecule has 0 spiro atoms. The minimum atomic E-state index is -0.540. The van der Waals surface area contributed by atoms with Gasteiger partial charge in [0.05, 0.1) is 10.8 Å². The van der Waals surface area contributed by atoms with Crippen molar-refractivity contribution < 1.29 is 9.90 Å². The number of nitrogens with zero attached hydrogens (tertiary/aromatic N) is 3. The Morgan fingerprint density at radius 3 is 2.67 bits per heavy atom. The van der Waals surface area contributed by atoms with E-state index in [-0.39, 0.29) is 17.9 Å². The minimum Gasteiger partial charge on any atom is -0.391 e. The second-order valence-electron chi connectivity index (χ2n) is 6.71. The van der Waals surface area contributed by atoms with Crippen molar-refractivity contribution in [1.29, 1.82) is 0 Å². The fourth-order valence-electron chi connectivity index (χ4n) is 3.75. The molecule has 1 saturated carbocycles. The van der Waals surface area contributed by atoms with E-state index in [4.69, 9.17) is 5.73 Å². The summed E-state index contributed by atoms with van der Waals surface area (Å²) in [7, 11) is 0. The molecule has 2 heterocycles. The quantitative estimate of drug-likeness (QED) is 0.849. The number of anilines is 1. The maximum absolute atomic E-state index is 12.6. The van der Waals surface area contributed by atoms with Crippen LogP contribution in [0.4, 0.5) is 5.82 Å². The monoisotopic (exact) mass is 346 g/mol. The van der Waals surface area contributed by atoms with Crippen molar-refractivity contribution >= 4 is 33.3 Å². The zero-order chi connectivity index (χ0) is 16.7. The SMILES string of the molecule is N[C@H]1C[C@H](C(=O)N2CCN(c3nsc4ccccc34)CC2)C[C@@H]1O. The first-order valence-corrected chi connectivity index (χ1v) is 9.22. The summed E-state index contributed by atoms with van der Waals surface area (Å²) in [5.41, 5.74) is 5.84. The van der Waals surface area contributed by atoms with Gasteiger partial charge in [-0.3, -0.25) is 4.79 Å². The number of piperazine rings is 1. The number of aliphatic hydroxyl groups is 1. The standard InChI is InChI=1S/C17H22N4O2S/c18-13-9-11(10-14(13)22)17(23)21-7-5-20(6-8-21)16-12-3-1-2-4-15(12)24-19-16/h1-4,11,13-14,22H,5-10,18H2/t11-,13-,14-/m0/s1. The highest BCUT2D eigenvalue weighted by atomic mass is 32.1. The van der Waals surface area contributed by atoms with Gasteiger partial charge in [0.2, 0.25) is 5.91 Å². The Hall–Kier alpha value is -1.70. The molecule has 1 aromatic carbocycles. The molecule has 1 amide bonds. The molecule has 1 aliphatic carbocycles. The molecule has 2 aliphatic rings. The number of carbonyl (C=O) groups excluding carboxylic acids is 1. The van der Waals surface area contributed by atoms with E-state index in [1.807, 2.05) is 17.0 Å². The van der Waals surface area contributed by atoms with Gasteiger partial charge in [0.1, 0.15) is 5.82 Å². The highest BCUT2D eigenvalue weighted by Crippen LogP contribution is 2.31. The zero-order valence-electron chi connectivity index (χ0n) is 13.5. The molecule has 0 radical (unpaired) electrons. The average molecular weight is 346 g/mol. The van der Waals surface area contributed by atoms with Gasteiger partial charge in [-0.05, 0) is 36.5 Å². The van der Waals surface area contributed by atoms with Gasteiger partial charge in [-0.1, -0.05) is 12.1 Å². The lowest BCUT2D eigenvalue weighted by molar-refractivity contribution is -0.135. The summed E-state index contributed by atoms with van der Waals surface area (Å²) in [4.78, 5) is 16.8. The van der Waals surface area contributed by atoms with Crippen LogP contribution < -0.4 is 10.6 Å². The summed E-state index contributed by atoms with van der Waals surface area (Å²) in [5, 5.41) is 11.0. The molecular weight excluding hydrogens is 324 g/mol. The molecule has 6 nitrogen and oxygen atoms in total. The van der Waals surface area contributed by atoms with Crippen molar-refractivity contribution in [1.82, 2.24) is 9.27 Å². The number of benzene rings is 1. The van der Waals surface area contributed by atoms with Crippen molar-refractivity contribution in [3.05, 3.63) is 24.3 Å². The summed E-state index contributed by atoms with van der Waals surface area (Å²) in [5.74, 6) is 1.05. The molecule has 4 rings (SSSR count). The van der Waals surface area contributed by atoms with Gasteiger partial charge in [-0.15, -0.1) is 0 Å². The maximum Gasteiger partial charge on any atom is 0.225 e. The summed E-state index contributed by atoms with van der Waals surface area (Å²) < 4.78 is 5.80. The molecule has 7 heteroatoms. The van der Waals surface area contributed by atoms with Gasteiger partial charge in [0.15, 0.2) is 0 Å². The number of rotatable bonds is 2. The topological polar surface area (TPSA) is 82.7 Å². The Kier molecular flexibility index (Phi) is 4.15.